The summed E-state index contributed by atoms with van der Waals surface area (Å²) in [7, 11) is 0. The molecular weight excluding hydrogens is 472 g/mol. The third-order valence-corrected chi connectivity index (χ3v) is 7.05. The molecule has 0 bridgehead atoms. The van der Waals surface area contributed by atoms with Crippen LogP contribution in [0, 0.1) is 0 Å². The Labute approximate surface area is 221 Å². The van der Waals surface area contributed by atoms with Gasteiger partial charge in [-0.1, -0.05) is 121 Å². The number of fused-ring (bicyclic) bond motifs is 4. The molecule has 0 amide bonds. The Balaban J connectivity index is 1.29. The minimum Gasteiger partial charge on any atom is -0.458 e. The summed E-state index contributed by atoms with van der Waals surface area (Å²) in [6, 6.07) is 39.2. The number of benzene rings is 5. The molecule has 4 nitrogen and oxygen atoms in total. The Hall–Kier alpha value is -4.70. The number of rotatable bonds is 7. The first-order chi connectivity index (χ1) is 18.7. The third kappa shape index (κ3) is 4.69. The van der Waals surface area contributed by atoms with E-state index in [2.05, 4.69) is 0 Å². The van der Waals surface area contributed by atoms with Crippen LogP contribution in [0.3, 0.4) is 0 Å². The van der Waals surface area contributed by atoms with Crippen LogP contribution in [0.25, 0.3) is 21.9 Å². The van der Waals surface area contributed by atoms with E-state index < -0.39 is 24.0 Å². The van der Waals surface area contributed by atoms with Gasteiger partial charge in [-0.3, -0.25) is 4.79 Å². The van der Waals surface area contributed by atoms with Gasteiger partial charge in [-0.05, 0) is 44.2 Å². The molecule has 0 aliphatic heterocycles. The summed E-state index contributed by atoms with van der Waals surface area (Å²) < 4.78 is 11.6. The molecule has 0 spiro atoms. The van der Waals surface area contributed by atoms with Gasteiger partial charge in [0, 0.05) is 6.42 Å². The minimum atomic E-state index is -1.08. The summed E-state index contributed by atoms with van der Waals surface area (Å²) in [6.07, 6.45) is -0.854. The molecule has 5 aromatic carbocycles. The molecule has 38 heavy (non-hydrogen) atoms. The van der Waals surface area contributed by atoms with Crippen molar-refractivity contribution in [2.24, 2.45) is 0 Å². The highest BCUT2D eigenvalue weighted by Crippen LogP contribution is 2.45. The maximum Gasteiger partial charge on any atom is 0.348 e. The van der Waals surface area contributed by atoms with Crippen LogP contribution in [0.1, 0.15) is 28.2 Å². The Bertz CT molecular complexity index is 1580. The van der Waals surface area contributed by atoms with Crippen molar-refractivity contribution < 1.29 is 19.1 Å². The van der Waals surface area contributed by atoms with E-state index >= 15 is 0 Å². The van der Waals surface area contributed by atoms with Crippen molar-refractivity contribution in [2.75, 3.05) is 0 Å². The van der Waals surface area contributed by atoms with Crippen molar-refractivity contribution in [3.05, 3.63) is 144 Å². The molecular formula is C34H26O4. The zero-order valence-corrected chi connectivity index (χ0v) is 20.7. The summed E-state index contributed by atoms with van der Waals surface area (Å²) in [5.41, 5.74) is 5.58. The highest BCUT2D eigenvalue weighted by Gasteiger charge is 2.37. The monoisotopic (exact) mass is 498 g/mol. The van der Waals surface area contributed by atoms with Gasteiger partial charge in [-0.25, -0.2) is 4.79 Å². The van der Waals surface area contributed by atoms with Crippen LogP contribution in [0.2, 0.25) is 0 Å². The topological polar surface area (TPSA) is 52.6 Å². The molecule has 5 aromatic rings. The number of hydrogen-bond acceptors (Lipinski definition) is 4. The standard InChI is InChI=1S/C34H26O4/c35-33(37-22-23-10-2-1-3-11-23)31(21-24-18-19-25-12-4-5-13-26(25)20-24)38-34(36)32-29-16-8-6-14-27(29)28-15-7-9-17-30(28)32/h1-20,31-32H,21-22H2/t31-/m1/s1. The second kappa shape index (κ2) is 10.3. The first kappa shape index (κ1) is 23.7. The van der Waals surface area contributed by atoms with Crippen LogP contribution >= 0.6 is 0 Å². The predicted octanol–water partition coefficient (Wildman–Crippen LogP) is 6.85. The van der Waals surface area contributed by atoms with Gasteiger partial charge >= 0.3 is 11.9 Å². The maximum absolute atomic E-state index is 13.7. The van der Waals surface area contributed by atoms with Gasteiger partial charge in [0.1, 0.15) is 12.5 Å². The van der Waals surface area contributed by atoms with Gasteiger partial charge in [0.2, 0.25) is 6.10 Å². The zero-order chi connectivity index (χ0) is 25.9. The Morgan fingerprint density at radius 2 is 1.24 bits per heavy atom. The average Bonchev–Trinajstić information content (AvgIpc) is 3.30. The van der Waals surface area contributed by atoms with Crippen LogP contribution in [0.5, 0.6) is 0 Å². The lowest BCUT2D eigenvalue weighted by Crippen LogP contribution is -2.33. The largest absolute Gasteiger partial charge is 0.458 e. The van der Waals surface area contributed by atoms with Crippen molar-refractivity contribution in [3.63, 3.8) is 0 Å². The molecule has 1 atom stereocenters. The first-order valence-corrected chi connectivity index (χ1v) is 12.7. The van der Waals surface area contributed by atoms with Crippen LogP contribution in [-0.2, 0) is 32.1 Å². The lowest BCUT2D eigenvalue weighted by Gasteiger charge is -2.20. The van der Waals surface area contributed by atoms with E-state index in [9.17, 15) is 9.59 Å². The predicted molar refractivity (Wildman–Crippen MR) is 147 cm³/mol. The fourth-order valence-electron chi connectivity index (χ4n) is 5.19. The normalized spacial score (nSPS) is 12.9. The lowest BCUT2D eigenvalue weighted by atomic mass is 9.97. The molecule has 0 saturated heterocycles. The first-order valence-electron chi connectivity index (χ1n) is 12.7. The van der Waals surface area contributed by atoms with Gasteiger partial charge in [0.05, 0.1) is 0 Å². The van der Waals surface area contributed by atoms with E-state index in [0.717, 1.165) is 44.2 Å². The van der Waals surface area contributed by atoms with Gasteiger partial charge < -0.3 is 9.47 Å². The van der Waals surface area contributed by atoms with E-state index in [1.165, 1.54) is 0 Å². The van der Waals surface area contributed by atoms with Crippen LogP contribution in [0.15, 0.2) is 121 Å². The third-order valence-electron chi connectivity index (χ3n) is 7.05. The molecule has 4 heteroatoms. The number of carbonyl (C=O) groups is 2. The van der Waals surface area contributed by atoms with Crippen LogP contribution < -0.4 is 0 Å². The average molecular weight is 499 g/mol. The molecule has 1 aliphatic rings. The molecule has 0 radical (unpaired) electrons. The Morgan fingerprint density at radius 1 is 0.632 bits per heavy atom. The summed E-state index contributed by atoms with van der Waals surface area (Å²) in [5, 5.41) is 2.17. The van der Waals surface area contributed by atoms with Crippen molar-refractivity contribution >= 4 is 22.7 Å². The highest BCUT2D eigenvalue weighted by molar-refractivity contribution is 5.94. The van der Waals surface area contributed by atoms with Crippen molar-refractivity contribution in [1.29, 1.82) is 0 Å². The van der Waals surface area contributed by atoms with Crippen molar-refractivity contribution in [2.45, 2.75) is 25.0 Å². The van der Waals surface area contributed by atoms with Gasteiger partial charge in [-0.15, -0.1) is 0 Å². The van der Waals surface area contributed by atoms with Gasteiger partial charge in [0.25, 0.3) is 0 Å². The van der Waals surface area contributed by atoms with Crippen molar-refractivity contribution in [1.82, 2.24) is 0 Å². The van der Waals surface area contributed by atoms with E-state index in [-0.39, 0.29) is 13.0 Å². The van der Waals surface area contributed by atoms with E-state index in [0.29, 0.717) is 0 Å². The molecule has 0 saturated carbocycles. The molecule has 0 fully saturated rings. The fraction of sp³-hybridized carbons (Fsp3) is 0.118. The summed E-state index contributed by atoms with van der Waals surface area (Å²) in [4.78, 5) is 27.1. The summed E-state index contributed by atoms with van der Waals surface area (Å²) >= 11 is 0. The lowest BCUT2D eigenvalue weighted by molar-refractivity contribution is -0.169. The van der Waals surface area contributed by atoms with Crippen LogP contribution in [-0.4, -0.2) is 18.0 Å². The molecule has 0 aromatic heterocycles. The van der Waals surface area contributed by atoms with Crippen molar-refractivity contribution in [3.8, 4) is 11.1 Å². The fourth-order valence-corrected chi connectivity index (χ4v) is 5.19. The molecule has 0 unspecified atom stereocenters. The molecule has 6 rings (SSSR count). The Kier molecular flexibility index (Phi) is 6.45. The second-order valence-electron chi connectivity index (χ2n) is 9.51. The molecule has 0 N–H and O–H groups in total. The van der Waals surface area contributed by atoms with Gasteiger partial charge in [0.15, 0.2) is 0 Å². The summed E-state index contributed by atoms with van der Waals surface area (Å²) in [5.74, 6) is -1.61. The number of esters is 2. The Morgan fingerprint density at radius 3 is 1.95 bits per heavy atom. The maximum atomic E-state index is 13.7. The highest BCUT2D eigenvalue weighted by atomic mass is 16.6. The molecule has 186 valence electrons. The molecule has 0 heterocycles. The quantitative estimate of drug-likeness (QED) is 0.230. The zero-order valence-electron chi connectivity index (χ0n) is 20.7. The van der Waals surface area contributed by atoms with Crippen LogP contribution in [0.4, 0.5) is 0 Å². The minimum absolute atomic E-state index is 0.112. The van der Waals surface area contributed by atoms with Gasteiger partial charge in [-0.2, -0.15) is 0 Å². The number of carbonyl (C=O) groups excluding carboxylic acids is 2. The van der Waals surface area contributed by atoms with E-state index in [1.54, 1.807) is 0 Å². The second-order valence-corrected chi connectivity index (χ2v) is 9.51. The number of hydrogen-bond donors (Lipinski definition) is 0. The van der Waals surface area contributed by atoms with E-state index in [4.69, 9.17) is 9.47 Å². The molecule has 1 aliphatic carbocycles. The number of ether oxygens (including phenoxy) is 2. The smallest absolute Gasteiger partial charge is 0.348 e. The SMILES string of the molecule is O=C(O[C@H](Cc1ccc2ccccc2c1)C(=O)OCc1ccccc1)C1c2ccccc2-c2ccccc21. The van der Waals surface area contributed by atoms with E-state index in [1.807, 2.05) is 121 Å². The summed E-state index contributed by atoms with van der Waals surface area (Å²) in [6.45, 7) is 0.112.